The van der Waals surface area contributed by atoms with E-state index in [9.17, 15) is 4.79 Å². The van der Waals surface area contributed by atoms with Gasteiger partial charge in [0.05, 0.1) is 30.5 Å². The molecule has 5 heteroatoms. The lowest BCUT2D eigenvalue weighted by Gasteiger charge is -2.40. The van der Waals surface area contributed by atoms with Crippen molar-refractivity contribution in [2.45, 2.75) is 32.1 Å². The topological polar surface area (TPSA) is 42.0 Å². The average Bonchev–Trinajstić information content (AvgIpc) is 2.67. The molecule has 4 rings (SSSR count). The largest absolute Gasteiger partial charge is 0.489 e. The van der Waals surface area contributed by atoms with Gasteiger partial charge in [0.1, 0.15) is 12.4 Å². The van der Waals surface area contributed by atoms with E-state index in [1.54, 1.807) is 0 Å². The van der Waals surface area contributed by atoms with E-state index < -0.39 is 0 Å². The van der Waals surface area contributed by atoms with Crippen LogP contribution in [0.1, 0.15) is 25.5 Å². The average molecular weight is 366 g/mol. The normalized spacial score (nSPS) is 25.6. The number of carbonyl (C=O) groups excluding carboxylic acids is 1. The van der Waals surface area contributed by atoms with Gasteiger partial charge in [-0.2, -0.15) is 0 Å². The van der Waals surface area contributed by atoms with Gasteiger partial charge in [0.15, 0.2) is 0 Å². The molecule has 1 saturated heterocycles. The first-order chi connectivity index (χ1) is 13.1. The number of fused-ring (bicyclic) bond motifs is 1. The Bertz CT molecular complexity index is 785. The Morgan fingerprint density at radius 1 is 1.00 bits per heavy atom. The molecule has 1 fully saturated rings. The maximum atomic E-state index is 13.4. The highest BCUT2D eigenvalue weighted by Gasteiger charge is 2.34. The molecule has 0 N–H and O–H groups in total. The van der Waals surface area contributed by atoms with E-state index in [0.29, 0.717) is 13.2 Å². The van der Waals surface area contributed by atoms with E-state index in [2.05, 4.69) is 30.9 Å². The summed E-state index contributed by atoms with van der Waals surface area (Å²) in [4.78, 5) is 17.5. The van der Waals surface area contributed by atoms with Crippen LogP contribution in [0, 0.1) is 0 Å². The van der Waals surface area contributed by atoms with Crippen molar-refractivity contribution in [3.63, 3.8) is 0 Å². The second-order valence-electron chi connectivity index (χ2n) is 7.42. The lowest BCUT2D eigenvalue weighted by Crippen LogP contribution is -2.51. The minimum absolute atomic E-state index is 0.0981. The Morgan fingerprint density at radius 2 is 1.67 bits per heavy atom. The Morgan fingerprint density at radius 3 is 2.41 bits per heavy atom. The number of hydrogen-bond acceptors (Lipinski definition) is 4. The molecule has 142 valence electrons. The van der Waals surface area contributed by atoms with Crippen LogP contribution in [0.25, 0.3) is 0 Å². The van der Waals surface area contributed by atoms with Gasteiger partial charge >= 0.3 is 0 Å². The van der Waals surface area contributed by atoms with Gasteiger partial charge in [-0.15, -0.1) is 0 Å². The van der Waals surface area contributed by atoms with Crippen LogP contribution in [-0.2, 0) is 9.53 Å². The van der Waals surface area contributed by atoms with Crippen molar-refractivity contribution in [1.29, 1.82) is 0 Å². The Labute approximate surface area is 160 Å². The van der Waals surface area contributed by atoms with E-state index in [-0.39, 0.29) is 24.2 Å². The predicted molar refractivity (Wildman–Crippen MR) is 105 cm³/mol. The van der Waals surface area contributed by atoms with Gasteiger partial charge in [-0.1, -0.05) is 42.5 Å². The maximum Gasteiger partial charge on any atom is 0.241 e. The van der Waals surface area contributed by atoms with Crippen LogP contribution in [-0.4, -0.2) is 49.3 Å². The van der Waals surface area contributed by atoms with Crippen LogP contribution in [0.2, 0.25) is 0 Å². The molecule has 0 unspecified atom stereocenters. The Kier molecular flexibility index (Phi) is 5.14. The molecule has 2 aromatic carbocycles. The van der Waals surface area contributed by atoms with Gasteiger partial charge in [0.25, 0.3) is 0 Å². The predicted octanol–water partition coefficient (Wildman–Crippen LogP) is 3.26. The summed E-state index contributed by atoms with van der Waals surface area (Å²) in [5.74, 6) is 0.864. The smallest absolute Gasteiger partial charge is 0.241 e. The van der Waals surface area contributed by atoms with Crippen LogP contribution in [0.4, 0.5) is 5.69 Å². The number of para-hydroxylation sites is 2. The third kappa shape index (κ3) is 3.84. The molecular formula is C22H26N2O3. The molecule has 0 bridgehead atoms. The van der Waals surface area contributed by atoms with Crippen LogP contribution >= 0.6 is 0 Å². The van der Waals surface area contributed by atoms with Gasteiger partial charge < -0.3 is 9.47 Å². The first-order valence-electron chi connectivity index (χ1n) is 9.58. The number of carbonyl (C=O) groups is 1. The van der Waals surface area contributed by atoms with Gasteiger partial charge in [-0.3, -0.25) is 14.6 Å². The lowest BCUT2D eigenvalue weighted by atomic mass is 10.0. The highest BCUT2D eigenvalue weighted by Crippen LogP contribution is 2.39. The number of hydrogen-bond donors (Lipinski definition) is 0. The number of benzene rings is 2. The Hall–Kier alpha value is -2.37. The molecule has 0 spiro atoms. The van der Waals surface area contributed by atoms with Crippen molar-refractivity contribution < 1.29 is 14.3 Å². The van der Waals surface area contributed by atoms with Crippen LogP contribution < -0.4 is 9.64 Å². The van der Waals surface area contributed by atoms with Crippen molar-refractivity contribution in [3.05, 3.63) is 60.2 Å². The fourth-order valence-corrected chi connectivity index (χ4v) is 4.10. The molecular weight excluding hydrogens is 340 g/mol. The summed E-state index contributed by atoms with van der Waals surface area (Å²) in [5, 5.41) is 0. The molecule has 27 heavy (non-hydrogen) atoms. The summed E-state index contributed by atoms with van der Waals surface area (Å²) >= 11 is 0. The molecule has 0 aliphatic carbocycles. The molecule has 0 saturated carbocycles. The summed E-state index contributed by atoms with van der Waals surface area (Å²) < 4.78 is 11.8. The quantitative estimate of drug-likeness (QED) is 0.836. The monoisotopic (exact) mass is 366 g/mol. The molecule has 0 aromatic heterocycles. The summed E-state index contributed by atoms with van der Waals surface area (Å²) in [6, 6.07) is 17.8. The summed E-state index contributed by atoms with van der Waals surface area (Å²) in [5.41, 5.74) is 1.93. The molecule has 2 aliphatic rings. The SMILES string of the molecule is C[C@@H]1CN(CC(=O)N2c3ccccc3OC[C@@H]2c2ccccc2)C[C@@H](C)O1. The van der Waals surface area contributed by atoms with Crippen LogP contribution in [0.15, 0.2) is 54.6 Å². The van der Waals surface area contributed by atoms with E-state index in [4.69, 9.17) is 9.47 Å². The van der Waals surface area contributed by atoms with Crippen molar-refractivity contribution in [2.24, 2.45) is 0 Å². The van der Waals surface area contributed by atoms with Gasteiger partial charge in [0.2, 0.25) is 5.91 Å². The summed E-state index contributed by atoms with van der Waals surface area (Å²) in [7, 11) is 0. The van der Waals surface area contributed by atoms with E-state index in [1.807, 2.05) is 47.4 Å². The van der Waals surface area contributed by atoms with Crippen molar-refractivity contribution in [1.82, 2.24) is 4.90 Å². The van der Waals surface area contributed by atoms with Gasteiger partial charge in [0, 0.05) is 13.1 Å². The molecule has 2 heterocycles. The maximum absolute atomic E-state index is 13.4. The van der Waals surface area contributed by atoms with Crippen LogP contribution in [0.3, 0.4) is 0 Å². The van der Waals surface area contributed by atoms with Gasteiger partial charge in [-0.25, -0.2) is 0 Å². The molecule has 5 nitrogen and oxygen atoms in total. The zero-order valence-electron chi connectivity index (χ0n) is 15.9. The zero-order chi connectivity index (χ0) is 18.8. The number of ether oxygens (including phenoxy) is 2. The number of morpholine rings is 1. The van der Waals surface area contributed by atoms with E-state index in [0.717, 1.165) is 30.1 Å². The van der Waals surface area contributed by atoms with Crippen LogP contribution in [0.5, 0.6) is 5.75 Å². The minimum atomic E-state index is -0.121. The fourth-order valence-electron chi connectivity index (χ4n) is 4.10. The standard InChI is InChI=1S/C22H26N2O3/c1-16-12-23(13-17(2)27-16)14-22(25)24-19-10-6-7-11-21(19)26-15-20(24)18-8-4-3-5-9-18/h3-11,16-17,20H,12-15H2,1-2H3/t16-,17-,20-/m1/s1. The minimum Gasteiger partial charge on any atom is -0.489 e. The molecule has 0 radical (unpaired) electrons. The number of anilines is 1. The van der Waals surface area contributed by atoms with E-state index in [1.165, 1.54) is 0 Å². The van der Waals surface area contributed by atoms with Crippen molar-refractivity contribution in [2.75, 3.05) is 31.1 Å². The zero-order valence-corrected chi connectivity index (χ0v) is 15.9. The molecule has 3 atom stereocenters. The Balaban J connectivity index is 1.62. The second-order valence-corrected chi connectivity index (χ2v) is 7.42. The first kappa shape index (κ1) is 18.0. The van der Waals surface area contributed by atoms with Crippen molar-refractivity contribution >= 4 is 11.6 Å². The molecule has 1 amide bonds. The van der Waals surface area contributed by atoms with Crippen molar-refractivity contribution in [3.8, 4) is 5.75 Å². The van der Waals surface area contributed by atoms with Gasteiger partial charge in [-0.05, 0) is 31.5 Å². The number of nitrogens with zero attached hydrogens (tertiary/aromatic N) is 2. The highest BCUT2D eigenvalue weighted by atomic mass is 16.5. The third-order valence-electron chi connectivity index (χ3n) is 5.14. The molecule has 2 aliphatic heterocycles. The summed E-state index contributed by atoms with van der Waals surface area (Å²) in [6.45, 7) is 6.52. The lowest BCUT2D eigenvalue weighted by molar-refractivity contribution is -0.124. The first-order valence-corrected chi connectivity index (χ1v) is 9.58. The third-order valence-corrected chi connectivity index (χ3v) is 5.14. The molecule has 2 aromatic rings. The fraction of sp³-hybridized carbons (Fsp3) is 0.409. The second kappa shape index (κ2) is 7.71. The highest BCUT2D eigenvalue weighted by molar-refractivity contribution is 5.97. The number of amides is 1. The summed E-state index contributed by atoms with van der Waals surface area (Å²) in [6.07, 6.45) is 0.284. The number of rotatable bonds is 3. The van der Waals surface area contributed by atoms with E-state index >= 15 is 0 Å².